The molecule has 2 nitrogen and oxygen atoms in total. The van der Waals surface area contributed by atoms with Crippen LogP contribution in [0.15, 0.2) is 24.3 Å². The molecule has 0 aliphatic heterocycles. The van der Waals surface area contributed by atoms with Crippen molar-refractivity contribution in [3.63, 3.8) is 0 Å². The van der Waals surface area contributed by atoms with Crippen LogP contribution in [0, 0.1) is 12.8 Å². The third-order valence-electron chi connectivity index (χ3n) is 2.26. The SMILES string of the molecule is Cc1ccccc1C(=O)NCC(C)CBr. The molecular weight excluding hydrogens is 254 g/mol. The zero-order valence-corrected chi connectivity index (χ0v) is 10.7. The zero-order chi connectivity index (χ0) is 11.3. The summed E-state index contributed by atoms with van der Waals surface area (Å²) < 4.78 is 0. The van der Waals surface area contributed by atoms with E-state index >= 15 is 0 Å². The standard InChI is InChI=1S/C12H16BrNO/c1-9(7-13)8-14-12(15)11-6-4-3-5-10(11)2/h3-6,9H,7-8H2,1-2H3,(H,14,15). The van der Waals surface area contributed by atoms with Crippen LogP contribution in [0.5, 0.6) is 0 Å². The minimum atomic E-state index is 0.0147. The number of hydrogen-bond acceptors (Lipinski definition) is 1. The molecule has 0 bridgehead atoms. The van der Waals surface area contributed by atoms with Gasteiger partial charge in [-0.1, -0.05) is 41.1 Å². The molecule has 0 fully saturated rings. The lowest BCUT2D eigenvalue weighted by atomic mass is 10.1. The minimum absolute atomic E-state index is 0.0147. The Bertz CT molecular complexity index is 338. The first kappa shape index (κ1) is 12.2. The van der Waals surface area contributed by atoms with Gasteiger partial charge in [-0.25, -0.2) is 0 Å². The lowest BCUT2D eigenvalue weighted by molar-refractivity contribution is 0.0949. The van der Waals surface area contributed by atoms with E-state index in [-0.39, 0.29) is 5.91 Å². The van der Waals surface area contributed by atoms with E-state index in [4.69, 9.17) is 0 Å². The van der Waals surface area contributed by atoms with Gasteiger partial charge in [-0.15, -0.1) is 0 Å². The predicted octanol–water partition coefficient (Wildman–Crippen LogP) is 2.76. The van der Waals surface area contributed by atoms with Gasteiger partial charge in [-0.3, -0.25) is 4.79 Å². The van der Waals surface area contributed by atoms with Gasteiger partial charge in [0, 0.05) is 17.4 Å². The number of halogens is 1. The Labute approximate surface area is 99.2 Å². The molecule has 1 amide bonds. The fourth-order valence-corrected chi connectivity index (χ4v) is 1.47. The number of aryl methyl sites for hydroxylation is 1. The molecule has 0 spiro atoms. The van der Waals surface area contributed by atoms with E-state index in [9.17, 15) is 4.79 Å². The number of carbonyl (C=O) groups excluding carboxylic acids is 1. The molecule has 1 aromatic rings. The van der Waals surface area contributed by atoms with Gasteiger partial charge in [0.25, 0.3) is 5.91 Å². The van der Waals surface area contributed by atoms with Crippen LogP contribution in [0.2, 0.25) is 0 Å². The molecular formula is C12H16BrNO. The van der Waals surface area contributed by atoms with Gasteiger partial charge in [0.15, 0.2) is 0 Å². The lowest BCUT2D eigenvalue weighted by Gasteiger charge is -2.10. The highest BCUT2D eigenvalue weighted by molar-refractivity contribution is 9.09. The molecule has 1 unspecified atom stereocenters. The van der Waals surface area contributed by atoms with Gasteiger partial charge in [-0.2, -0.15) is 0 Å². The number of benzene rings is 1. The molecule has 0 aliphatic carbocycles. The highest BCUT2D eigenvalue weighted by Crippen LogP contribution is 2.07. The van der Waals surface area contributed by atoms with Crippen LogP contribution in [-0.2, 0) is 0 Å². The van der Waals surface area contributed by atoms with Crippen molar-refractivity contribution in [2.75, 3.05) is 11.9 Å². The first-order valence-corrected chi connectivity index (χ1v) is 6.17. The van der Waals surface area contributed by atoms with Gasteiger partial charge in [-0.05, 0) is 24.5 Å². The maximum atomic E-state index is 11.8. The molecule has 0 saturated heterocycles. The van der Waals surface area contributed by atoms with Crippen molar-refractivity contribution in [2.24, 2.45) is 5.92 Å². The van der Waals surface area contributed by atoms with Crippen molar-refractivity contribution in [1.82, 2.24) is 5.32 Å². The van der Waals surface area contributed by atoms with E-state index < -0.39 is 0 Å². The molecule has 1 atom stereocenters. The minimum Gasteiger partial charge on any atom is -0.352 e. The predicted molar refractivity (Wildman–Crippen MR) is 66.5 cm³/mol. The molecule has 0 saturated carbocycles. The van der Waals surface area contributed by atoms with Crippen LogP contribution in [0.1, 0.15) is 22.8 Å². The van der Waals surface area contributed by atoms with Gasteiger partial charge in [0.05, 0.1) is 0 Å². The summed E-state index contributed by atoms with van der Waals surface area (Å²) in [5.41, 5.74) is 1.78. The van der Waals surface area contributed by atoms with Crippen molar-refractivity contribution in [3.05, 3.63) is 35.4 Å². The second kappa shape index (κ2) is 5.91. The Kier molecular flexibility index (Phi) is 4.82. The Morgan fingerprint density at radius 2 is 2.13 bits per heavy atom. The number of hydrogen-bond donors (Lipinski definition) is 1. The topological polar surface area (TPSA) is 29.1 Å². The van der Waals surface area contributed by atoms with Gasteiger partial charge in [0.2, 0.25) is 0 Å². The number of carbonyl (C=O) groups is 1. The van der Waals surface area contributed by atoms with Gasteiger partial charge < -0.3 is 5.32 Å². The molecule has 1 aromatic carbocycles. The molecule has 0 radical (unpaired) electrons. The van der Waals surface area contributed by atoms with E-state index in [1.807, 2.05) is 31.2 Å². The van der Waals surface area contributed by atoms with Crippen molar-refractivity contribution in [1.29, 1.82) is 0 Å². The highest BCUT2D eigenvalue weighted by atomic mass is 79.9. The number of alkyl halides is 1. The second-order valence-electron chi connectivity index (χ2n) is 3.78. The highest BCUT2D eigenvalue weighted by Gasteiger charge is 2.08. The quantitative estimate of drug-likeness (QED) is 0.837. The maximum absolute atomic E-state index is 11.8. The lowest BCUT2D eigenvalue weighted by Crippen LogP contribution is -2.29. The summed E-state index contributed by atoms with van der Waals surface area (Å²) >= 11 is 3.38. The largest absolute Gasteiger partial charge is 0.352 e. The van der Waals surface area contributed by atoms with Gasteiger partial charge in [0.1, 0.15) is 0 Å². The normalized spacial score (nSPS) is 12.2. The fourth-order valence-electron chi connectivity index (χ4n) is 1.24. The number of amides is 1. The first-order chi connectivity index (χ1) is 7.15. The van der Waals surface area contributed by atoms with E-state index in [0.717, 1.165) is 16.5 Å². The van der Waals surface area contributed by atoms with Crippen molar-refractivity contribution in [3.8, 4) is 0 Å². The fraction of sp³-hybridized carbons (Fsp3) is 0.417. The zero-order valence-electron chi connectivity index (χ0n) is 9.09. The molecule has 1 N–H and O–H groups in total. The molecule has 82 valence electrons. The van der Waals surface area contributed by atoms with Crippen molar-refractivity contribution < 1.29 is 4.79 Å². The van der Waals surface area contributed by atoms with Crippen molar-refractivity contribution >= 4 is 21.8 Å². The Morgan fingerprint density at radius 1 is 1.47 bits per heavy atom. The average molecular weight is 270 g/mol. The van der Waals surface area contributed by atoms with Crippen LogP contribution in [0.4, 0.5) is 0 Å². The van der Waals surface area contributed by atoms with E-state index in [1.54, 1.807) is 0 Å². The van der Waals surface area contributed by atoms with Gasteiger partial charge >= 0.3 is 0 Å². The summed E-state index contributed by atoms with van der Waals surface area (Å²) in [5.74, 6) is 0.471. The molecule has 15 heavy (non-hydrogen) atoms. The number of rotatable bonds is 4. The van der Waals surface area contributed by atoms with Crippen molar-refractivity contribution in [2.45, 2.75) is 13.8 Å². The van der Waals surface area contributed by atoms with Crippen LogP contribution in [0.25, 0.3) is 0 Å². The van der Waals surface area contributed by atoms with Crippen LogP contribution in [-0.4, -0.2) is 17.8 Å². The maximum Gasteiger partial charge on any atom is 0.251 e. The summed E-state index contributed by atoms with van der Waals surface area (Å²) in [4.78, 5) is 11.8. The van der Waals surface area contributed by atoms with Crippen LogP contribution < -0.4 is 5.32 Å². The Balaban J connectivity index is 2.58. The monoisotopic (exact) mass is 269 g/mol. The average Bonchev–Trinajstić information content (AvgIpc) is 2.26. The molecule has 1 rings (SSSR count). The summed E-state index contributed by atoms with van der Waals surface area (Å²) in [7, 11) is 0. The molecule has 0 aromatic heterocycles. The van der Waals surface area contributed by atoms with Crippen LogP contribution >= 0.6 is 15.9 Å². The second-order valence-corrected chi connectivity index (χ2v) is 4.43. The smallest absolute Gasteiger partial charge is 0.251 e. The summed E-state index contributed by atoms with van der Waals surface area (Å²) in [6.07, 6.45) is 0. The van der Waals surface area contributed by atoms with E-state index in [0.29, 0.717) is 12.5 Å². The van der Waals surface area contributed by atoms with Crippen LogP contribution in [0.3, 0.4) is 0 Å². The molecule has 0 aliphatic rings. The summed E-state index contributed by atoms with van der Waals surface area (Å²) in [6.45, 7) is 4.74. The molecule has 3 heteroatoms. The summed E-state index contributed by atoms with van der Waals surface area (Å²) in [6, 6.07) is 7.62. The first-order valence-electron chi connectivity index (χ1n) is 5.05. The Hall–Kier alpha value is -0.830. The third kappa shape index (κ3) is 3.67. The Morgan fingerprint density at radius 3 is 2.73 bits per heavy atom. The molecule has 0 heterocycles. The van der Waals surface area contributed by atoms with E-state index in [2.05, 4.69) is 28.2 Å². The third-order valence-corrected chi connectivity index (χ3v) is 3.37. The van der Waals surface area contributed by atoms with E-state index in [1.165, 1.54) is 0 Å². The summed E-state index contributed by atoms with van der Waals surface area (Å²) in [5, 5.41) is 3.83. The number of nitrogens with one attached hydrogen (secondary N) is 1.